The molecule has 2 unspecified atom stereocenters. The molecule has 1 aromatic heterocycles. The van der Waals surface area contributed by atoms with E-state index in [4.69, 9.17) is 5.73 Å². The van der Waals surface area contributed by atoms with Crippen molar-refractivity contribution < 1.29 is 4.79 Å². The van der Waals surface area contributed by atoms with Gasteiger partial charge in [0.05, 0.1) is 0 Å². The van der Waals surface area contributed by atoms with Crippen molar-refractivity contribution in [3.63, 3.8) is 0 Å². The molecule has 4 heteroatoms. The van der Waals surface area contributed by atoms with E-state index in [9.17, 15) is 4.79 Å². The fourth-order valence-corrected chi connectivity index (χ4v) is 2.48. The van der Waals surface area contributed by atoms with Crippen LogP contribution in [0, 0.1) is 6.92 Å². The number of hydrogen-bond acceptors (Lipinski definition) is 3. The predicted octanol–water partition coefficient (Wildman–Crippen LogP) is 1.78. The van der Waals surface area contributed by atoms with Gasteiger partial charge in [-0.2, -0.15) is 0 Å². The van der Waals surface area contributed by atoms with Gasteiger partial charge in [0.15, 0.2) is 0 Å². The number of nitrogens with one attached hydrogen (secondary N) is 1. The van der Waals surface area contributed by atoms with Gasteiger partial charge >= 0.3 is 0 Å². The first-order chi connectivity index (χ1) is 8.68. The molecule has 2 rings (SSSR count). The van der Waals surface area contributed by atoms with Gasteiger partial charge in [0.25, 0.3) is 5.91 Å². The molecule has 1 aromatic rings. The largest absolute Gasteiger partial charge is 0.346 e. The fourth-order valence-electron chi connectivity index (χ4n) is 2.48. The maximum absolute atomic E-state index is 12.2. The van der Waals surface area contributed by atoms with Gasteiger partial charge in [0.2, 0.25) is 0 Å². The van der Waals surface area contributed by atoms with Gasteiger partial charge < -0.3 is 11.1 Å². The summed E-state index contributed by atoms with van der Waals surface area (Å²) in [6, 6.07) is 3.89. The van der Waals surface area contributed by atoms with Crippen LogP contribution in [0.3, 0.4) is 0 Å². The zero-order valence-electron chi connectivity index (χ0n) is 10.9. The van der Waals surface area contributed by atoms with Crippen LogP contribution in [0.1, 0.15) is 48.2 Å². The summed E-state index contributed by atoms with van der Waals surface area (Å²) in [6.07, 6.45) is 7.12. The Hall–Kier alpha value is -1.42. The quantitative estimate of drug-likeness (QED) is 0.783. The second-order valence-electron chi connectivity index (χ2n) is 5.05. The molecule has 18 heavy (non-hydrogen) atoms. The van der Waals surface area contributed by atoms with E-state index in [0.717, 1.165) is 31.2 Å². The standard InChI is InChI=1S/C14H21N3O/c1-10-6-5-9-16-13(10)14(18)17-12-8-4-2-3-7-11(12)15/h5-6,9,11-12H,2-4,7-8,15H2,1H3,(H,17,18). The molecule has 1 aliphatic rings. The minimum Gasteiger partial charge on any atom is -0.346 e. The summed E-state index contributed by atoms with van der Waals surface area (Å²) >= 11 is 0. The minimum absolute atomic E-state index is 0.0699. The number of aromatic nitrogens is 1. The van der Waals surface area contributed by atoms with Gasteiger partial charge in [-0.05, 0) is 31.4 Å². The Bertz CT molecular complexity index is 419. The van der Waals surface area contributed by atoms with Crippen molar-refractivity contribution in [1.29, 1.82) is 0 Å². The Balaban J connectivity index is 2.04. The molecule has 0 spiro atoms. The molecule has 0 aromatic carbocycles. The van der Waals surface area contributed by atoms with Crippen molar-refractivity contribution in [3.8, 4) is 0 Å². The third-order valence-corrected chi connectivity index (χ3v) is 3.61. The van der Waals surface area contributed by atoms with Gasteiger partial charge in [-0.3, -0.25) is 9.78 Å². The van der Waals surface area contributed by atoms with Crippen LogP contribution in [0.5, 0.6) is 0 Å². The lowest BCUT2D eigenvalue weighted by atomic mass is 10.0. The van der Waals surface area contributed by atoms with Crippen LogP contribution < -0.4 is 11.1 Å². The Kier molecular flexibility index (Phi) is 4.31. The lowest BCUT2D eigenvalue weighted by molar-refractivity contribution is 0.0923. The molecule has 2 atom stereocenters. The van der Waals surface area contributed by atoms with Crippen molar-refractivity contribution in [2.45, 2.75) is 51.1 Å². The molecule has 0 radical (unpaired) electrons. The van der Waals surface area contributed by atoms with Gasteiger partial charge in [-0.15, -0.1) is 0 Å². The summed E-state index contributed by atoms with van der Waals surface area (Å²) in [4.78, 5) is 16.3. The van der Waals surface area contributed by atoms with Crippen LogP contribution in [0.4, 0.5) is 0 Å². The van der Waals surface area contributed by atoms with E-state index in [1.165, 1.54) is 6.42 Å². The fraction of sp³-hybridized carbons (Fsp3) is 0.571. The van der Waals surface area contributed by atoms with Crippen molar-refractivity contribution in [2.75, 3.05) is 0 Å². The summed E-state index contributed by atoms with van der Waals surface area (Å²) in [6.45, 7) is 1.90. The van der Waals surface area contributed by atoms with Gasteiger partial charge in [0, 0.05) is 18.3 Å². The molecule has 1 aliphatic carbocycles. The Morgan fingerprint density at radius 1 is 1.39 bits per heavy atom. The summed E-state index contributed by atoms with van der Waals surface area (Å²) in [5.74, 6) is -0.101. The molecule has 4 nitrogen and oxygen atoms in total. The highest BCUT2D eigenvalue weighted by Crippen LogP contribution is 2.17. The van der Waals surface area contributed by atoms with E-state index in [2.05, 4.69) is 10.3 Å². The zero-order valence-corrected chi connectivity index (χ0v) is 10.9. The maximum atomic E-state index is 12.2. The zero-order chi connectivity index (χ0) is 13.0. The molecular formula is C14H21N3O. The second-order valence-corrected chi connectivity index (χ2v) is 5.05. The van der Waals surface area contributed by atoms with Crippen LogP contribution in [-0.4, -0.2) is 23.0 Å². The van der Waals surface area contributed by atoms with Crippen molar-refractivity contribution in [3.05, 3.63) is 29.6 Å². The number of carbonyl (C=O) groups excluding carboxylic acids is 1. The average Bonchev–Trinajstić information content (AvgIpc) is 2.55. The third-order valence-electron chi connectivity index (χ3n) is 3.61. The van der Waals surface area contributed by atoms with E-state index >= 15 is 0 Å². The average molecular weight is 247 g/mol. The number of nitrogens with zero attached hydrogens (tertiary/aromatic N) is 1. The molecule has 1 heterocycles. The number of rotatable bonds is 2. The highest BCUT2D eigenvalue weighted by atomic mass is 16.1. The minimum atomic E-state index is -0.101. The van der Waals surface area contributed by atoms with Crippen molar-refractivity contribution in [1.82, 2.24) is 10.3 Å². The SMILES string of the molecule is Cc1cccnc1C(=O)NC1CCCCCC1N. The molecule has 3 N–H and O–H groups in total. The van der Waals surface area contributed by atoms with E-state index in [-0.39, 0.29) is 18.0 Å². The number of pyridine rings is 1. The van der Waals surface area contributed by atoms with E-state index in [0.29, 0.717) is 5.69 Å². The predicted molar refractivity (Wildman–Crippen MR) is 71.3 cm³/mol. The highest BCUT2D eigenvalue weighted by molar-refractivity contribution is 5.93. The normalized spacial score (nSPS) is 24.3. The second kappa shape index (κ2) is 5.96. The summed E-state index contributed by atoms with van der Waals surface area (Å²) < 4.78 is 0. The number of amides is 1. The number of carbonyl (C=O) groups is 1. The van der Waals surface area contributed by atoms with Gasteiger partial charge in [-0.25, -0.2) is 0 Å². The Labute approximate surface area is 108 Å². The molecule has 98 valence electrons. The monoisotopic (exact) mass is 247 g/mol. The Morgan fingerprint density at radius 2 is 2.17 bits per heavy atom. The molecule has 1 fully saturated rings. The number of nitrogens with two attached hydrogens (primary N) is 1. The van der Waals surface area contributed by atoms with Crippen molar-refractivity contribution in [2.24, 2.45) is 5.73 Å². The first-order valence-corrected chi connectivity index (χ1v) is 6.66. The summed E-state index contributed by atoms with van der Waals surface area (Å²) in [5, 5.41) is 3.04. The van der Waals surface area contributed by atoms with Gasteiger partial charge in [-0.1, -0.05) is 25.3 Å². The van der Waals surface area contributed by atoms with E-state index in [1.807, 2.05) is 19.1 Å². The van der Waals surface area contributed by atoms with Crippen LogP contribution in [0.25, 0.3) is 0 Å². The molecule has 0 saturated heterocycles. The van der Waals surface area contributed by atoms with Crippen LogP contribution in [-0.2, 0) is 0 Å². The number of aryl methyl sites for hydroxylation is 1. The lowest BCUT2D eigenvalue weighted by Gasteiger charge is -2.22. The first kappa shape index (κ1) is 13.0. The molecular weight excluding hydrogens is 226 g/mol. The molecule has 1 amide bonds. The molecule has 0 bridgehead atoms. The third kappa shape index (κ3) is 3.07. The topological polar surface area (TPSA) is 68.0 Å². The van der Waals surface area contributed by atoms with Crippen LogP contribution >= 0.6 is 0 Å². The highest BCUT2D eigenvalue weighted by Gasteiger charge is 2.23. The first-order valence-electron chi connectivity index (χ1n) is 6.66. The summed E-state index contributed by atoms with van der Waals surface area (Å²) in [7, 11) is 0. The maximum Gasteiger partial charge on any atom is 0.270 e. The number of hydrogen-bond donors (Lipinski definition) is 2. The van der Waals surface area contributed by atoms with E-state index in [1.54, 1.807) is 6.20 Å². The van der Waals surface area contributed by atoms with Crippen LogP contribution in [0.2, 0.25) is 0 Å². The summed E-state index contributed by atoms with van der Waals surface area (Å²) in [5.41, 5.74) is 7.52. The molecule has 0 aliphatic heterocycles. The Morgan fingerprint density at radius 3 is 2.94 bits per heavy atom. The lowest BCUT2D eigenvalue weighted by Crippen LogP contribution is -2.47. The van der Waals surface area contributed by atoms with Gasteiger partial charge in [0.1, 0.15) is 5.69 Å². The smallest absolute Gasteiger partial charge is 0.270 e. The van der Waals surface area contributed by atoms with Crippen LogP contribution in [0.15, 0.2) is 18.3 Å². The van der Waals surface area contributed by atoms with E-state index < -0.39 is 0 Å². The van der Waals surface area contributed by atoms with Crippen molar-refractivity contribution >= 4 is 5.91 Å². The molecule has 1 saturated carbocycles.